The first kappa shape index (κ1) is 22.3. The Morgan fingerprint density at radius 3 is 2.47 bits per heavy atom. The Morgan fingerprint density at radius 2 is 1.83 bits per heavy atom. The average molecular weight is 414 g/mol. The van der Waals surface area contributed by atoms with E-state index >= 15 is 0 Å². The minimum atomic E-state index is -0.0937. The zero-order valence-corrected chi connectivity index (χ0v) is 18.9. The molecule has 0 saturated heterocycles. The summed E-state index contributed by atoms with van der Waals surface area (Å²) in [6.45, 7) is 13.6. The van der Waals surface area contributed by atoms with Crippen LogP contribution in [-0.2, 0) is 24.3 Å². The molecular weight excluding hydrogens is 378 g/mol. The molecule has 0 saturated carbocycles. The molecule has 3 rings (SSSR count). The van der Waals surface area contributed by atoms with Gasteiger partial charge in [-0.05, 0) is 43.9 Å². The molecule has 7 nitrogen and oxygen atoms in total. The molecule has 1 aliphatic rings. The normalized spacial score (nSPS) is 15.7. The number of aromatic nitrogens is 3. The molecule has 2 heterocycles. The second-order valence-electron chi connectivity index (χ2n) is 8.85. The van der Waals surface area contributed by atoms with Gasteiger partial charge in [0, 0.05) is 39.5 Å². The molecule has 0 unspecified atom stereocenters. The first-order valence-electron chi connectivity index (χ1n) is 11.0. The number of ether oxygens (including phenoxy) is 1. The number of nitrogens with zero attached hydrogens (tertiary/aromatic N) is 4. The van der Waals surface area contributed by atoms with Crippen LogP contribution in [0.4, 0.5) is 0 Å². The van der Waals surface area contributed by atoms with Gasteiger partial charge in [0.1, 0.15) is 11.6 Å². The third kappa shape index (κ3) is 6.05. The van der Waals surface area contributed by atoms with Crippen molar-refractivity contribution in [1.82, 2.24) is 25.0 Å². The van der Waals surface area contributed by atoms with Crippen LogP contribution in [-0.4, -0.2) is 44.8 Å². The molecular formula is C23H35N5O2. The van der Waals surface area contributed by atoms with E-state index in [2.05, 4.69) is 51.0 Å². The molecule has 0 radical (unpaired) electrons. The van der Waals surface area contributed by atoms with E-state index in [4.69, 9.17) is 4.74 Å². The van der Waals surface area contributed by atoms with Crippen molar-refractivity contribution in [2.45, 2.75) is 72.7 Å². The summed E-state index contributed by atoms with van der Waals surface area (Å²) in [5.41, 5.74) is 1.28. The van der Waals surface area contributed by atoms with Crippen LogP contribution in [0.3, 0.4) is 0 Å². The fraction of sp³-hybridized carbons (Fsp3) is 0.609. The fourth-order valence-corrected chi connectivity index (χ4v) is 3.95. The van der Waals surface area contributed by atoms with Crippen LogP contribution in [0.2, 0.25) is 0 Å². The lowest BCUT2D eigenvalue weighted by Crippen LogP contribution is -2.31. The van der Waals surface area contributed by atoms with E-state index in [1.54, 1.807) is 6.92 Å². The lowest BCUT2D eigenvalue weighted by molar-refractivity contribution is -0.119. The highest BCUT2D eigenvalue weighted by Crippen LogP contribution is 2.23. The summed E-state index contributed by atoms with van der Waals surface area (Å²) in [7, 11) is 0. The highest BCUT2D eigenvalue weighted by atomic mass is 16.5. The lowest BCUT2D eigenvalue weighted by Gasteiger charge is -2.22. The summed E-state index contributed by atoms with van der Waals surface area (Å²) >= 11 is 0. The first-order chi connectivity index (χ1) is 14.3. The summed E-state index contributed by atoms with van der Waals surface area (Å²) < 4.78 is 7.95. The van der Waals surface area contributed by atoms with Crippen molar-refractivity contribution >= 4 is 5.91 Å². The number of carbonyl (C=O) groups is 1. The number of amides is 1. The largest absolute Gasteiger partial charge is 0.491 e. The number of benzene rings is 1. The molecule has 0 bridgehead atoms. The number of hydrogen-bond donors (Lipinski definition) is 1. The van der Waals surface area contributed by atoms with Crippen LogP contribution in [0.25, 0.3) is 0 Å². The maximum atomic E-state index is 11.7. The van der Waals surface area contributed by atoms with Gasteiger partial charge in [-0.15, -0.1) is 10.2 Å². The third-order valence-electron chi connectivity index (χ3n) is 5.25. The van der Waals surface area contributed by atoms with E-state index in [0.29, 0.717) is 5.92 Å². The summed E-state index contributed by atoms with van der Waals surface area (Å²) in [5.74, 6) is 3.23. The highest BCUT2D eigenvalue weighted by Gasteiger charge is 2.25. The Hall–Kier alpha value is -2.41. The van der Waals surface area contributed by atoms with Gasteiger partial charge < -0.3 is 14.6 Å². The summed E-state index contributed by atoms with van der Waals surface area (Å²) in [6, 6.07) is 8.28. The molecule has 1 N–H and O–H groups in total. The Balaban J connectivity index is 1.66. The summed E-state index contributed by atoms with van der Waals surface area (Å²) in [6.07, 6.45) is 1.89. The van der Waals surface area contributed by atoms with Crippen LogP contribution in [0.5, 0.6) is 5.75 Å². The van der Waals surface area contributed by atoms with Gasteiger partial charge in [0.15, 0.2) is 5.82 Å². The molecule has 0 fully saturated rings. The molecule has 1 atom stereocenters. The van der Waals surface area contributed by atoms with Gasteiger partial charge in [-0.2, -0.15) is 0 Å². The zero-order valence-electron chi connectivity index (χ0n) is 18.9. The second-order valence-corrected chi connectivity index (χ2v) is 8.85. The standard InChI is InChI=1S/C23H35N5O2/c1-16(2)14-21(24-18(5)29)23-26-25-22-10-11-27(12-13-28(22)23)15-19-6-8-20(9-7-19)30-17(3)4/h6-9,16-17,21H,10-15H2,1-5H3,(H,24,29)/t21-/m1/s1. The SMILES string of the molecule is CC(=O)N[C@H](CC(C)C)c1nnc2n1CCN(Cc1ccc(OC(C)C)cc1)CC2. The fourth-order valence-electron chi connectivity index (χ4n) is 3.95. The van der Waals surface area contributed by atoms with Crippen molar-refractivity contribution in [3.05, 3.63) is 41.5 Å². The molecule has 0 spiro atoms. The Bertz CT molecular complexity index is 829. The molecule has 1 aliphatic heterocycles. The van der Waals surface area contributed by atoms with Gasteiger partial charge in [-0.1, -0.05) is 26.0 Å². The first-order valence-corrected chi connectivity index (χ1v) is 11.0. The van der Waals surface area contributed by atoms with Gasteiger partial charge in [-0.25, -0.2) is 0 Å². The van der Waals surface area contributed by atoms with E-state index in [0.717, 1.165) is 56.4 Å². The predicted octanol–water partition coefficient (Wildman–Crippen LogP) is 3.35. The van der Waals surface area contributed by atoms with Crippen molar-refractivity contribution in [3.63, 3.8) is 0 Å². The van der Waals surface area contributed by atoms with Crippen molar-refractivity contribution in [1.29, 1.82) is 0 Å². The highest BCUT2D eigenvalue weighted by molar-refractivity contribution is 5.73. The van der Waals surface area contributed by atoms with Gasteiger partial charge in [0.25, 0.3) is 0 Å². The Morgan fingerprint density at radius 1 is 1.10 bits per heavy atom. The van der Waals surface area contributed by atoms with Crippen molar-refractivity contribution < 1.29 is 9.53 Å². The minimum Gasteiger partial charge on any atom is -0.491 e. The molecule has 164 valence electrons. The Labute approximate surface area is 179 Å². The molecule has 2 aromatic rings. The number of hydrogen-bond acceptors (Lipinski definition) is 5. The second kappa shape index (κ2) is 10.1. The van der Waals surface area contributed by atoms with Crippen molar-refractivity contribution in [2.75, 3.05) is 13.1 Å². The van der Waals surface area contributed by atoms with Crippen molar-refractivity contribution in [2.24, 2.45) is 5.92 Å². The van der Waals surface area contributed by atoms with Gasteiger partial charge >= 0.3 is 0 Å². The summed E-state index contributed by atoms with van der Waals surface area (Å²) in [5, 5.41) is 12.0. The third-order valence-corrected chi connectivity index (χ3v) is 5.25. The number of nitrogens with one attached hydrogen (secondary N) is 1. The topological polar surface area (TPSA) is 72.3 Å². The van der Waals surface area contributed by atoms with Gasteiger partial charge in [-0.3, -0.25) is 9.69 Å². The van der Waals surface area contributed by atoms with Crippen LogP contribution < -0.4 is 10.1 Å². The van der Waals surface area contributed by atoms with Crippen LogP contribution >= 0.6 is 0 Å². The van der Waals surface area contributed by atoms with E-state index in [1.807, 2.05) is 26.0 Å². The zero-order chi connectivity index (χ0) is 21.7. The lowest BCUT2D eigenvalue weighted by atomic mass is 10.0. The maximum Gasteiger partial charge on any atom is 0.217 e. The van der Waals surface area contributed by atoms with E-state index in [1.165, 1.54) is 5.56 Å². The summed E-state index contributed by atoms with van der Waals surface area (Å²) in [4.78, 5) is 14.2. The molecule has 1 aromatic heterocycles. The van der Waals surface area contributed by atoms with E-state index in [-0.39, 0.29) is 18.1 Å². The minimum absolute atomic E-state index is 0.0295. The maximum absolute atomic E-state index is 11.7. The smallest absolute Gasteiger partial charge is 0.217 e. The number of fused-ring (bicyclic) bond motifs is 1. The van der Waals surface area contributed by atoms with E-state index in [9.17, 15) is 4.79 Å². The van der Waals surface area contributed by atoms with Crippen LogP contribution in [0.15, 0.2) is 24.3 Å². The quantitative estimate of drug-likeness (QED) is 0.719. The molecule has 7 heteroatoms. The number of rotatable bonds is 8. The molecule has 30 heavy (non-hydrogen) atoms. The van der Waals surface area contributed by atoms with Crippen molar-refractivity contribution in [3.8, 4) is 5.75 Å². The van der Waals surface area contributed by atoms with Gasteiger partial charge in [0.2, 0.25) is 5.91 Å². The monoisotopic (exact) mass is 413 g/mol. The molecule has 0 aliphatic carbocycles. The number of carbonyl (C=O) groups excluding carboxylic acids is 1. The van der Waals surface area contributed by atoms with Crippen LogP contribution in [0.1, 0.15) is 64.3 Å². The van der Waals surface area contributed by atoms with Gasteiger partial charge in [0.05, 0.1) is 12.1 Å². The average Bonchev–Trinajstić information content (AvgIpc) is 2.96. The predicted molar refractivity (Wildman–Crippen MR) is 117 cm³/mol. The molecule has 1 aromatic carbocycles. The Kier molecular flexibility index (Phi) is 7.48. The van der Waals surface area contributed by atoms with E-state index < -0.39 is 0 Å². The van der Waals surface area contributed by atoms with Crippen LogP contribution in [0, 0.1) is 5.92 Å². The molecule has 1 amide bonds.